The molecule has 1 heterocycles. The second-order valence-corrected chi connectivity index (χ2v) is 3.53. The zero-order valence-electron chi connectivity index (χ0n) is 8.86. The molecule has 0 spiro atoms. The molecular weight excluding hydrogens is 227 g/mol. The van der Waals surface area contributed by atoms with Crippen LogP contribution >= 0.6 is 0 Å². The van der Waals surface area contributed by atoms with Gasteiger partial charge in [-0.15, -0.1) is 0 Å². The lowest BCUT2D eigenvalue weighted by molar-refractivity contribution is 0.432. The highest BCUT2D eigenvalue weighted by atomic mass is 19.1. The third-order valence-electron chi connectivity index (χ3n) is 2.35. The Morgan fingerprint density at radius 1 is 1.35 bits per heavy atom. The molecule has 0 aliphatic carbocycles. The number of nitrogens with zero attached hydrogens (tertiary/aromatic N) is 1. The standard InChI is InChI=1S/C11H9FN2O3/c1-5-10(16)13-9(14-11(5)17)6-2-3-8(15)7(12)4-6/h2-4,15H,1H3,(H2,13,14,16,17). The number of aromatic amines is 1. The summed E-state index contributed by atoms with van der Waals surface area (Å²) in [5.41, 5.74) is -0.151. The van der Waals surface area contributed by atoms with E-state index in [1.54, 1.807) is 0 Å². The molecule has 2 aromatic rings. The van der Waals surface area contributed by atoms with E-state index in [1.807, 2.05) is 0 Å². The predicted molar refractivity (Wildman–Crippen MR) is 58.3 cm³/mol. The summed E-state index contributed by atoms with van der Waals surface area (Å²) in [6.45, 7) is 1.42. The number of hydrogen-bond acceptors (Lipinski definition) is 4. The molecule has 5 nitrogen and oxygen atoms in total. The molecule has 6 heteroatoms. The van der Waals surface area contributed by atoms with E-state index in [9.17, 15) is 14.3 Å². The van der Waals surface area contributed by atoms with Gasteiger partial charge in [0, 0.05) is 5.56 Å². The molecular formula is C11H9FN2O3. The van der Waals surface area contributed by atoms with Crippen molar-refractivity contribution in [3.05, 3.63) is 39.9 Å². The number of hydrogen-bond donors (Lipinski definition) is 3. The van der Waals surface area contributed by atoms with E-state index >= 15 is 0 Å². The van der Waals surface area contributed by atoms with Crippen molar-refractivity contribution in [2.45, 2.75) is 6.92 Å². The van der Waals surface area contributed by atoms with E-state index in [-0.39, 0.29) is 17.0 Å². The molecule has 17 heavy (non-hydrogen) atoms. The largest absolute Gasteiger partial charge is 0.505 e. The van der Waals surface area contributed by atoms with Crippen molar-refractivity contribution in [2.75, 3.05) is 0 Å². The molecule has 0 radical (unpaired) electrons. The number of nitrogens with one attached hydrogen (secondary N) is 1. The molecule has 0 unspecified atom stereocenters. The number of H-pyrrole nitrogens is 1. The Morgan fingerprint density at radius 2 is 2.06 bits per heavy atom. The lowest BCUT2D eigenvalue weighted by Crippen LogP contribution is -2.12. The van der Waals surface area contributed by atoms with E-state index in [2.05, 4.69) is 9.97 Å². The SMILES string of the molecule is Cc1c(O)nc(-c2ccc(O)c(F)c2)[nH]c1=O. The van der Waals surface area contributed by atoms with Crippen molar-refractivity contribution in [1.29, 1.82) is 0 Å². The predicted octanol–water partition coefficient (Wildman–Crippen LogP) is 1.30. The molecule has 0 atom stereocenters. The molecule has 88 valence electrons. The van der Waals surface area contributed by atoms with E-state index in [4.69, 9.17) is 5.11 Å². The first-order chi connectivity index (χ1) is 7.99. The highest BCUT2D eigenvalue weighted by Gasteiger charge is 2.09. The average molecular weight is 236 g/mol. The first kappa shape index (κ1) is 11.1. The number of aromatic nitrogens is 2. The van der Waals surface area contributed by atoms with Crippen LogP contribution in [-0.4, -0.2) is 20.2 Å². The van der Waals surface area contributed by atoms with Crippen LogP contribution in [0.5, 0.6) is 11.6 Å². The molecule has 0 saturated carbocycles. The Kier molecular flexibility index (Phi) is 2.55. The van der Waals surface area contributed by atoms with Crippen molar-refractivity contribution in [3.8, 4) is 23.0 Å². The Hall–Kier alpha value is -2.37. The lowest BCUT2D eigenvalue weighted by Gasteiger charge is -2.04. The normalized spacial score (nSPS) is 10.5. The fourth-order valence-corrected chi connectivity index (χ4v) is 1.31. The van der Waals surface area contributed by atoms with Crippen LogP contribution in [0.3, 0.4) is 0 Å². The number of phenols is 1. The van der Waals surface area contributed by atoms with Crippen molar-refractivity contribution >= 4 is 0 Å². The van der Waals surface area contributed by atoms with Crippen molar-refractivity contribution in [3.63, 3.8) is 0 Å². The number of rotatable bonds is 1. The maximum absolute atomic E-state index is 13.1. The second kappa shape index (κ2) is 3.89. The Morgan fingerprint density at radius 3 is 2.65 bits per heavy atom. The summed E-state index contributed by atoms with van der Waals surface area (Å²) in [6, 6.07) is 3.54. The molecule has 0 fully saturated rings. The summed E-state index contributed by atoms with van der Waals surface area (Å²) in [5, 5.41) is 18.4. The summed E-state index contributed by atoms with van der Waals surface area (Å²) in [5.74, 6) is -1.69. The Bertz CT molecular complexity index is 637. The van der Waals surface area contributed by atoms with Crippen LogP contribution in [0.2, 0.25) is 0 Å². The van der Waals surface area contributed by atoms with Crippen LogP contribution in [0.15, 0.2) is 23.0 Å². The summed E-state index contributed by atoms with van der Waals surface area (Å²) >= 11 is 0. The van der Waals surface area contributed by atoms with Crippen LogP contribution in [0.4, 0.5) is 4.39 Å². The zero-order chi connectivity index (χ0) is 12.6. The van der Waals surface area contributed by atoms with Gasteiger partial charge < -0.3 is 15.2 Å². The van der Waals surface area contributed by atoms with Crippen LogP contribution < -0.4 is 5.56 Å². The first-order valence-electron chi connectivity index (χ1n) is 4.78. The average Bonchev–Trinajstić information content (AvgIpc) is 2.29. The zero-order valence-corrected chi connectivity index (χ0v) is 8.86. The van der Waals surface area contributed by atoms with Gasteiger partial charge in [0.25, 0.3) is 5.56 Å². The van der Waals surface area contributed by atoms with Crippen molar-refractivity contribution in [2.24, 2.45) is 0 Å². The van der Waals surface area contributed by atoms with E-state index < -0.39 is 23.0 Å². The second-order valence-electron chi connectivity index (χ2n) is 3.53. The quantitative estimate of drug-likeness (QED) is 0.696. The number of benzene rings is 1. The van der Waals surface area contributed by atoms with E-state index in [0.717, 1.165) is 12.1 Å². The van der Waals surface area contributed by atoms with Crippen LogP contribution in [0.1, 0.15) is 5.56 Å². The molecule has 0 aliphatic rings. The van der Waals surface area contributed by atoms with E-state index in [1.165, 1.54) is 13.0 Å². The lowest BCUT2D eigenvalue weighted by atomic mass is 10.2. The minimum atomic E-state index is -0.829. The van der Waals surface area contributed by atoms with Gasteiger partial charge in [-0.25, -0.2) is 4.39 Å². The third-order valence-corrected chi connectivity index (χ3v) is 2.35. The van der Waals surface area contributed by atoms with Gasteiger partial charge in [0.15, 0.2) is 11.6 Å². The van der Waals surface area contributed by atoms with Crippen molar-refractivity contribution in [1.82, 2.24) is 9.97 Å². The highest BCUT2D eigenvalue weighted by Crippen LogP contribution is 2.22. The van der Waals surface area contributed by atoms with Gasteiger partial charge in [-0.2, -0.15) is 4.98 Å². The van der Waals surface area contributed by atoms with Gasteiger partial charge in [0.1, 0.15) is 5.82 Å². The Labute approximate surface area is 95.2 Å². The van der Waals surface area contributed by atoms with Crippen LogP contribution in [0, 0.1) is 12.7 Å². The van der Waals surface area contributed by atoms with Gasteiger partial charge in [0.05, 0.1) is 5.56 Å². The number of halogens is 1. The van der Waals surface area contributed by atoms with Gasteiger partial charge >= 0.3 is 0 Å². The van der Waals surface area contributed by atoms with Crippen LogP contribution in [-0.2, 0) is 0 Å². The maximum Gasteiger partial charge on any atom is 0.257 e. The fourth-order valence-electron chi connectivity index (χ4n) is 1.31. The Balaban J connectivity index is 2.61. The third kappa shape index (κ3) is 1.96. The van der Waals surface area contributed by atoms with E-state index in [0.29, 0.717) is 0 Å². The molecule has 0 aliphatic heterocycles. The molecule has 0 saturated heterocycles. The monoisotopic (exact) mass is 236 g/mol. The summed E-state index contributed by atoms with van der Waals surface area (Å²) < 4.78 is 13.1. The molecule has 1 aromatic carbocycles. The van der Waals surface area contributed by atoms with Crippen LogP contribution in [0.25, 0.3) is 11.4 Å². The summed E-state index contributed by atoms with van der Waals surface area (Å²) in [6.07, 6.45) is 0. The van der Waals surface area contributed by atoms with Crippen molar-refractivity contribution < 1.29 is 14.6 Å². The minimum Gasteiger partial charge on any atom is -0.505 e. The smallest absolute Gasteiger partial charge is 0.257 e. The molecule has 0 bridgehead atoms. The first-order valence-corrected chi connectivity index (χ1v) is 4.78. The van der Waals surface area contributed by atoms with Gasteiger partial charge in [-0.05, 0) is 25.1 Å². The highest BCUT2D eigenvalue weighted by molar-refractivity contribution is 5.57. The van der Waals surface area contributed by atoms with Gasteiger partial charge in [-0.3, -0.25) is 4.79 Å². The topological polar surface area (TPSA) is 86.2 Å². The number of aromatic hydroxyl groups is 2. The molecule has 0 amide bonds. The molecule has 1 aromatic heterocycles. The minimum absolute atomic E-state index is 0.0389. The van der Waals surface area contributed by atoms with Gasteiger partial charge in [-0.1, -0.05) is 0 Å². The fraction of sp³-hybridized carbons (Fsp3) is 0.0909. The summed E-state index contributed by atoms with van der Waals surface area (Å²) in [7, 11) is 0. The summed E-state index contributed by atoms with van der Waals surface area (Å²) in [4.78, 5) is 17.5. The van der Waals surface area contributed by atoms with Gasteiger partial charge in [0.2, 0.25) is 5.88 Å². The molecule has 2 rings (SSSR count). The number of phenolic OH excluding ortho intramolecular Hbond substituents is 1. The maximum atomic E-state index is 13.1. The molecule has 3 N–H and O–H groups in total.